The van der Waals surface area contributed by atoms with Crippen molar-refractivity contribution in [2.45, 2.75) is 33.6 Å². The van der Waals surface area contributed by atoms with Gasteiger partial charge in [-0.1, -0.05) is 36.8 Å². The number of ether oxygens (including phenoxy) is 2. The van der Waals surface area contributed by atoms with Gasteiger partial charge in [0.15, 0.2) is 34.6 Å². The van der Waals surface area contributed by atoms with Crippen LogP contribution in [0.3, 0.4) is 0 Å². The Morgan fingerprint density at radius 1 is 0.673 bits per heavy atom. The normalized spacial score (nSPS) is 11.2. The molecule has 0 aromatic heterocycles. The van der Waals surface area contributed by atoms with Gasteiger partial charge in [0.05, 0.1) is 36.7 Å². The number of carbonyl (C=O) groups is 5. The van der Waals surface area contributed by atoms with Gasteiger partial charge >= 0.3 is 0 Å². The number of ketones is 2. The minimum absolute atomic E-state index is 0.00579. The fraction of sp³-hybridized carbons (Fsp3) is 0.216. The van der Waals surface area contributed by atoms with Crippen LogP contribution >= 0.6 is 0 Å². The Hall–Kier alpha value is -6.17. The molecule has 4 aromatic carbocycles. The van der Waals surface area contributed by atoms with E-state index in [1.165, 1.54) is 57.5 Å². The van der Waals surface area contributed by atoms with E-state index in [0.29, 0.717) is 17.7 Å². The predicted molar refractivity (Wildman–Crippen MR) is 184 cm³/mol. The number of hydrogen-bond donors (Lipinski definition) is 5. The first-order chi connectivity index (χ1) is 23.4. The van der Waals surface area contributed by atoms with Crippen molar-refractivity contribution in [1.82, 2.24) is 0 Å². The van der Waals surface area contributed by atoms with E-state index in [1.807, 2.05) is 26.0 Å². The zero-order chi connectivity index (χ0) is 35.8. The summed E-state index contributed by atoms with van der Waals surface area (Å²) in [5.41, 5.74) is 2.17. The average molecular weight is 668 g/mol. The molecule has 0 radical (unpaired) electrons. The summed E-state index contributed by atoms with van der Waals surface area (Å²) in [6, 6.07) is 18.6. The van der Waals surface area contributed by atoms with Crippen LogP contribution in [0.4, 0.5) is 17.1 Å². The molecule has 3 amide bonds. The van der Waals surface area contributed by atoms with Gasteiger partial charge in [0, 0.05) is 29.2 Å². The molecular formula is C37H37N3O9. The number of Topliss-reactive ketones (excluding diaryl/α,β-unsaturated/α-hetero) is 2. The minimum atomic E-state index is -0.788. The van der Waals surface area contributed by atoms with Crippen LogP contribution in [0.1, 0.15) is 73.7 Å². The molecule has 0 spiro atoms. The summed E-state index contributed by atoms with van der Waals surface area (Å²) in [5.74, 6) is -4.05. The Morgan fingerprint density at radius 2 is 1.18 bits per heavy atom. The summed E-state index contributed by atoms with van der Waals surface area (Å²) in [5, 5.41) is 29.3. The first-order valence-electron chi connectivity index (χ1n) is 15.3. The molecule has 0 saturated heterocycles. The molecule has 49 heavy (non-hydrogen) atoms. The van der Waals surface area contributed by atoms with E-state index in [1.54, 1.807) is 24.3 Å². The molecule has 0 aliphatic heterocycles. The second-order valence-corrected chi connectivity index (χ2v) is 11.2. The van der Waals surface area contributed by atoms with Crippen LogP contribution < -0.4 is 25.4 Å². The highest BCUT2D eigenvalue weighted by molar-refractivity contribution is 6.10. The number of nitrogens with one attached hydrogen (secondary N) is 3. The van der Waals surface area contributed by atoms with Crippen molar-refractivity contribution in [1.29, 1.82) is 0 Å². The van der Waals surface area contributed by atoms with Gasteiger partial charge in [0.1, 0.15) is 0 Å². The molecule has 0 aliphatic carbocycles. The second-order valence-electron chi connectivity index (χ2n) is 11.2. The van der Waals surface area contributed by atoms with Crippen LogP contribution in [0, 0.1) is 12.8 Å². The van der Waals surface area contributed by atoms with Crippen molar-refractivity contribution in [2.75, 3.05) is 30.2 Å². The second kappa shape index (κ2) is 15.6. The third-order valence-electron chi connectivity index (χ3n) is 7.88. The molecule has 254 valence electrons. The highest BCUT2D eigenvalue weighted by Gasteiger charge is 2.24. The molecule has 4 aromatic rings. The zero-order valence-corrected chi connectivity index (χ0v) is 27.7. The summed E-state index contributed by atoms with van der Waals surface area (Å²) in [4.78, 5) is 63.6. The number of anilines is 3. The number of carbonyl (C=O) groups excluding carboxylic acids is 5. The van der Waals surface area contributed by atoms with Gasteiger partial charge in [0.2, 0.25) is 5.91 Å². The van der Waals surface area contributed by atoms with Crippen molar-refractivity contribution in [3.63, 3.8) is 0 Å². The number of hydrogen-bond acceptors (Lipinski definition) is 9. The number of methoxy groups -OCH3 is 2. The molecular weight excluding hydrogens is 630 g/mol. The minimum Gasteiger partial charge on any atom is -0.504 e. The van der Waals surface area contributed by atoms with E-state index < -0.39 is 35.0 Å². The molecule has 5 N–H and O–H groups in total. The molecule has 0 bridgehead atoms. The third kappa shape index (κ3) is 8.22. The zero-order valence-electron chi connectivity index (χ0n) is 27.7. The molecule has 0 unspecified atom stereocenters. The van der Waals surface area contributed by atoms with Gasteiger partial charge in [-0.3, -0.25) is 24.0 Å². The average Bonchev–Trinajstić information content (AvgIpc) is 3.07. The molecule has 0 heterocycles. The van der Waals surface area contributed by atoms with Gasteiger partial charge in [-0.05, 0) is 68.8 Å². The Labute approximate surface area is 283 Å². The number of phenolic OH excluding ortho intramolecular Hbond substituents is 2. The highest BCUT2D eigenvalue weighted by Crippen LogP contribution is 2.40. The van der Waals surface area contributed by atoms with Gasteiger partial charge in [-0.15, -0.1) is 0 Å². The van der Waals surface area contributed by atoms with Crippen molar-refractivity contribution >= 4 is 46.4 Å². The van der Waals surface area contributed by atoms with Crippen molar-refractivity contribution in [3.8, 4) is 23.0 Å². The van der Waals surface area contributed by atoms with E-state index >= 15 is 0 Å². The van der Waals surface area contributed by atoms with Crippen molar-refractivity contribution in [2.24, 2.45) is 5.92 Å². The van der Waals surface area contributed by atoms with E-state index in [9.17, 15) is 34.2 Å². The molecule has 1 atom stereocenters. The summed E-state index contributed by atoms with van der Waals surface area (Å²) >= 11 is 0. The smallest absolute Gasteiger partial charge is 0.259 e. The van der Waals surface area contributed by atoms with Crippen molar-refractivity contribution in [3.05, 3.63) is 101 Å². The largest absolute Gasteiger partial charge is 0.504 e. The van der Waals surface area contributed by atoms with Crippen LogP contribution in [0.15, 0.2) is 72.8 Å². The van der Waals surface area contributed by atoms with Crippen LogP contribution in [0.5, 0.6) is 23.0 Å². The molecule has 12 heteroatoms. The lowest BCUT2D eigenvalue weighted by Gasteiger charge is -2.16. The predicted octanol–water partition coefficient (Wildman–Crippen LogP) is 6.37. The maximum Gasteiger partial charge on any atom is 0.259 e. The fourth-order valence-electron chi connectivity index (χ4n) is 5.06. The first kappa shape index (κ1) is 35.7. The Kier molecular flexibility index (Phi) is 11.4. The maximum absolute atomic E-state index is 13.1. The van der Waals surface area contributed by atoms with Gasteiger partial charge < -0.3 is 35.6 Å². The summed E-state index contributed by atoms with van der Waals surface area (Å²) in [7, 11) is 2.51. The Bertz CT molecular complexity index is 1900. The summed E-state index contributed by atoms with van der Waals surface area (Å²) in [6.07, 6.45) is 0.526. The molecule has 0 aliphatic rings. The quantitative estimate of drug-likeness (QED) is 0.101. The van der Waals surface area contributed by atoms with E-state index in [-0.39, 0.29) is 57.7 Å². The lowest BCUT2D eigenvalue weighted by atomic mass is 9.95. The molecule has 0 saturated carbocycles. The van der Waals surface area contributed by atoms with Gasteiger partial charge in [0.25, 0.3) is 11.8 Å². The highest BCUT2D eigenvalue weighted by atomic mass is 16.5. The van der Waals surface area contributed by atoms with Crippen LogP contribution in [-0.2, 0) is 4.79 Å². The van der Waals surface area contributed by atoms with Crippen LogP contribution in [0.2, 0.25) is 0 Å². The van der Waals surface area contributed by atoms with Crippen LogP contribution in [-0.4, -0.2) is 53.7 Å². The number of aromatic hydroxyl groups is 2. The number of aryl methyl sites for hydroxylation is 1. The monoisotopic (exact) mass is 667 g/mol. The Balaban J connectivity index is 1.43. The topological polar surface area (TPSA) is 180 Å². The van der Waals surface area contributed by atoms with Crippen LogP contribution in [0.25, 0.3) is 0 Å². The van der Waals surface area contributed by atoms with E-state index in [0.717, 1.165) is 5.56 Å². The number of amides is 3. The van der Waals surface area contributed by atoms with Gasteiger partial charge in [-0.2, -0.15) is 0 Å². The Morgan fingerprint density at radius 3 is 1.71 bits per heavy atom. The standard InChI is InChI=1S/C37H37N3O9/c1-6-22(19-30(42)23-9-7-20(2)8-10-23)35(45)38-25-13-11-24(12-14-25)36(46)39-28-18-16-27(32(44)34(28)49-5)37(47)40-29-17-15-26(21(3)41)31(43)33(29)48-4/h7-18,22,43-44H,6,19H2,1-5H3,(H,38,45)(H,39,46)(H,40,47)/t22-/m0/s1. The third-order valence-corrected chi connectivity index (χ3v) is 7.88. The maximum atomic E-state index is 13.1. The number of benzene rings is 4. The van der Waals surface area contributed by atoms with E-state index in [2.05, 4.69) is 16.0 Å². The van der Waals surface area contributed by atoms with E-state index in [4.69, 9.17) is 9.47 Å². The number of rotatable bonds is 13. The summed E-state index contributed by atoms with van der Waals surface area (Å²) in [6.45, 7) is 5.04. The molecule has 4 rings (SSSR count). The summed E-state index contributed by atoms with van der Waals surface area (Å²) < 4.78 is 10.5. The fourth-order valence-corrected chi connectivity index (χ4v) is 5.06. The molecule has 12 nitrogen and oxygen atoms in total. The number of phenols is 2. The lowest BCUT2D eigenvalue weighted by Crippen LogP contribution is -2.25. The van der Waals surface area contributed by atoms with Gasteiger partial charge in [-0.25, -0.2) is 0 Å². The molecule has 0 fully saturated rings. The first-order valence-corrected chi connectivity index (χ1v) is 15.3. The SMILES string of the molecule is CC[C@@H](CC(=O)c1ccc(C)cc1)C(=O)Nc1ccc(C(=O)Nc2ccc(C(=O)Nc3ccc(C(C)=O)c(O)c3OC)c(O)c2OC)cc1. The van der Waals surface area contributed by atoms with Crippen molar-refractivity contribution < 1.29 is 43.7 Å². The lowest BCUT2D eigenvalue weighted by molar-refractivity contribution is -0.119.